The Kier molecular flexibility index (Phi) is 4.03. The van der Waals surface area contributed by atoms with Crippen molar-refractivity contribution in [1.82, 2.24) is 0 Å². The van der Waals surface area contributed by atoms with Gasteiger partial charge in [0.2, 0.25) is 29.1 Å². The maximum absolute atomic E-state index is 13.4. The second-order valence-electron chi connectivity index (χ2n) is 3.93. The summed E-state index contributed by atoms with van der Waals surface area (Å²) in [4.78, 5) is 0. The molecule has 2 rings (SSSR count). The van der Waals surface area contributed by atoms with Crippen molar-refractivity contribution in [1.29, 1.82) is 0 Å². The van der Waals surface area contributed by atoms with Crippen LogP contribution in [0.5, 0.6) is 11.5 Å². The zero-order chi connectivity index (χ0) is 15.7. The van der Waals surface area contributed by atoms with E-state index in [4.69, 9.17) is 0 Å². The highest BCUT2D eigenvalue weighted by molar-refractivity contribution is 6.61. The van der Waals surface area contributed by atoms with Gasteiger partial charge in [-0.15, -0.1) is 0 Å². The number of phenolic OH excluding ortho intramolecular Hbond substituents is 1. The molecule has 3 nitrogen and oxygen atoms in total. The van der Waals surface area contributed by atoms with Crippen LogP contribution in [0.2, 0.25) is 0 Å². The van der Waals surface area contributed by atoms with Gasteiger partial charge in [-0.2, -0.15) is 8.78 Å². The summed E-state index contributed by atoms with van der Waals surface area (Å²) in [6.07, 6.45) is 0. The summed E-state index contributed by atoms with van der Waals surface area (Å²) in [5.41, 5.74) is -0.304. The third-order valence-electron chi connectivity index (χ3n) is 2.60. The Morgan fingerprint density at radius 2 is 1.29 bits per heavy atom. The number of para-hydroxylation sites is 1. The number of phenols is 1. The molecule has 9 heteroatoms. The van der Waals surface area contributed by atoms with Crippen molar-refractivity contribution < 1.29 is 36.7 Å². The van der Waals surface area contributed by atoms with Crippen LogP contribution in [-0.2, 0) is 0 Å². The molecule has 0 aliphatic heterocycles. The Labute approximate surface area is 115 Å². The van der Waals surface area contributed by atoms with Crippen LogP contribution in [-0.4, -0.2) is 17.2 Å². The molecule has 21 heavy (non-hydrogen) atoms. The molecule has 0 aromatic heterocycles. The van der Waals surface area contributed by atoms with Gasteiger partial charge < -0.3 is 14.8 Å². The van der Waals surface area contributed by atoms with Gasteiger partial charge in [0.15, 0.2) is 5.75 Å². The van der Waals surface area contributed by atoms with E-state index < -0.39 is 47.7 Å². The van der Waals surface area contributed by atoms with E-state index in [1.54, 1.807) is 0 Å². The summed E-state index contributed by atoms with van der Waals surface area (Å²) in [6.45, 7) is 0. The quantitative estimate of drug-likeness (QED) is 0.394. The number of aromatic hydroxyl groups is 1. The van der Waals surface area contributed by atoms with Gasteiger partial charge in [-0.05, 0) is 6.07 Å². The van der Waals surface area contributed by atoms with E-state index in [1.165, 1.54) is 12.1 Å². The Balaban J connectivity index is 2.43. The first-order chi connectivity index (χ1) is 9.84. The van der Waals surface area contributed by atoms with E-state index in [9.17, 15) is 32.1 Å². The first-order valence-corrected chi connectivity index (χ1v) is 5.48. The third kappa shape index (κ3) is 2.64. The predicted octanol–water partition coefficient (Wildman–Crippen LogP) is 1.85. The largest absolute Gasteiger partial charge is 0.564 e. The summed E-state index contributed by atoms with van der Waals surface area (Å²) in [6, 6.07) is 5.04. The lowest BCUT2D eigenvalue weighted by Gasteiger charge is -2.13. The van der Waals surface area contributed by atoms with Crippen LogP contribution in [0.25, 0.3) is 0 Å². The van der Waals surface area contributed by atoms with Gasteiger partial charge in [0.1, 0.15) is 5.75 Å². The van der Waals surface area contributed by atoms with Crippen molar-refractivity contribution in [2.24, 2.45) is 0 Å². The van der Waals surface area contributed by atoms with E-state index >= 15 is 0 Å². The van der Waals surface area contributed by atoms with Gasteiger partial charge in [0.05, 0.1) is 0 Å². The molecule has 0 heterocycles. The molecule has 0 spiro atoms. The summed E-state index contributed by atoms with van der Waals surface area (Å²) in [7, 11) is -2.13. The number of benzene rings is 2. The highest BCUT2D eigenvalue weighted by Crippen LogP contribution is 2.29. The fraction of sp³-hybridized carbons (Fsp3) is 0. The Morgan fingerprint density at radius 1 is 0.810 bits per heavy atom. The molecule has 0 unspecified atom stereocenters. The lowest BCUT2D eigenvalue weighted by atomic mass is 9.78. The molecular weight excluding hydrogens is 298 g/mol. The maximum Gasteiger partial charge on any atom is 0.564 e. The van der Waals surface area contributed by atoms with Crippen LogP contribution in [0, 0.1) is 29.1 Å². The van der Waals surface area contributed by atoms with E-state index in [0.717, 1.165) is 12.1 Å². The Bertz CT molecular complexity index is 666. The molecule has 2 aromatic rings. The van der Waals surface area contributed by atoms with E-state index in [0.29, 0.717) is 0 Å². The second kappa shape index (κ2) is 5.61. The topological polar surface area (TPSA) is 49.7 Å². The molecular formula is C12H6BF5O3. The van der Waals surface area contributed by atoms with Gasteiger partial charge >= 0.3 is 7.12 Å². The first kappa shape index (κ1) is 15.1. The maximum atomic E-state index is 13.4. The van der Waals surface area contributed by atoms with Crippen molar-refractivity contribution in [2.75, 3.05) is 0 Å². The fourth-order valence-corrected chi connectivity index (χ4v) is 1.56. The number of halogens is 5. The molecule has 0 aliphatic carbocycles. The Hall–Kier alpha value is -2.29. The minimum Gasteiger partial charge on any atom is -0.528 e. The molecule has 0 bridgehead atoms. The summed E-state index contributed by atoms with van der Waals surface area (Å²) in [5, 5.41) is 19.0. The van der Waals surface area contributed by atoms with Crippen LogP contribution < -0.4 is 10.1 Å². The molecule has 0 amide bonds. The van der Waals surface area contributed by atoms with Crippen molar-refractivity contribution in [2.45, 2.75) is 0 Å². The predicted molar refractivity (Wildman–Crippen MR) is 62.6 cm³/mol. The van der Waals surface area contributed by atoms with E-state index in [-0.39, 0.29) is 5.46 Å². The molecule has 110 valence electrons. The van der Waals surface area contributed by atoms with Gasteiger partial charge in [-0.1, -0.05) is 18.2 Å². The van der Waals surface area contributed by atoms with Crippen LogP contribution in [0.15, 0.2) is 24.3 Å². The molecule has 0 atom stereocenters. The van der Waals surface area contributed by atoms with E-state index in [1.807, 2.05) is 0 Å². The zero-order valence-corrected chi connectivity index (χ0v) is 10.1. The first-order valence-electron chi connectivity index (χ1n) is 5.48. The van der Waals surface area contributed by atoms with Gasteiger partial charge in [-0.25, -0.2) is 13.2 Å². The van der Waals surface area contributed by atoms with Gasteiger partial charge in [0, 0.05) is 5.46 Å². The highest BCUT2D eigenvalue weighted by Gasteiger charge is 2.31. The minimum absolute atomic E-state index is 0.304. The lowest BCUT2D eigenvalue weighted by molar-refractivity contribution is 0.332. The molecule has 0 fully saturated rings. The lowest BCUT2D eigenvalue weighted by Crippen LogP contribution is -2.37. The average molecular weight is 304 g/mol. The average Bonchev–Trinajstić information content (AvgIpc) is 2.48. The van der Waals surface area contributed by atoms with Crippen LogP contribution in [0.1, 0.15) is 0 Å². The molecule has 0 radical (unpaired) electrons. The van der Waals surface area contributed by atoms with E-state index in [2.05, 4.69) is 4.65 Å². The van der Waals surface area contributed by atoms with Crippen molar-refractivity contribution in [3.63, 3.8) is 0 Å². The standard InChI is InChI=1S/C12H6BF5O3/c14-7-8(15)10(17)12(11(18)9(7)16)21-13(20)5-3-1-2-4-6(5)19/h1-4,19-20H. The van der Waals surface area contributed by atoms with Gasteiger partial charge in [0.25, 0.3) is 0 Å². The summed E-state index contributed by atoms with van der Waals surface area (Å²) in [5.74, 6) is -13.3. The fourth-order valence-electron chi connectivity index (χ4n) is 1.56. The van der Waals surface area contributed by atoms with Crippen molar-refractivity contribution >= 4 is 12.6 Å². The number of hydrogen-bond acceptors (Lipinski definition) is 3. The second-order valence-corrected chi connectivity index (χ2v) is 3.93. The molecule has 2 N–H and O–H groups in total. The molecule has 0 aliphatic rings. The molecule has 0 saturated carbocycles. The Morgan fingerprint density at radius 3 is 1.81 bits per heavy atom. The van der Waals surface area contributed by atoms with Gasteiger partial charge in [-0.3, -0.25) is 0 Å². The van der Waals surface area contributed by atoms with Crippen LogP contribution in [0.4, 0.5) is 22.0 Å². The normalized spacial score (nSPS) is 10.6. The third-order valence-corrected chi connectivity index (χ3v) is 2.60. The molecule has 2 aromatic carbocycles. The van der Waals surface area contributed by atoms with Crippen LogP contribution in [0.3, 0.4) is 0 Å². The SMILES string of the molecule is OB(Oc1c(F)c(F)c(F)c(F)c1F)c1ccccc1O. The smallest absolute Gasteiger partial charge is 0.528 e. The number of hydrogen-bond donors (Lipinski definition) is 2. The van der Waals surface area contributed by atoms with Crippen molar-refractivity contribution in [3.05, 3.63) is 53.4 Å². The monoisotopic (exact) mass is 304 g/mol. The minimum atomic E-state index is -2.34. The number of rotatable bonds is 3. The zero-order valence-electron chi connectivity index (χ0n) is 10.1. The molecule has 0 saturated heterocycles. The van der Waals surface area contributed by atoms with Crippen LogP contribution >= 0.6 is 0 Å². The summed E-state index contributed by atoms with van der Waals surface area (Å²) >= 11 is 0. The summed E-state index contributed by atoms with van der Waals surface area (Å²) < 4.78 is 69.8. The van der Waals surface area contributed by atoms with Crippen molar-refractivity contribution in [3.8, 4) is 11.5 Å². The highest BCUT2D eigenvalue weighted by atomic mass is 19.2.